The molecule has 1 aliphatic carbocycles. The summed E-state index contributed by atoms with van der Waals surface area (Å²) in [4.78, 5) is 0. The van der Waals surface area contributed by atoms with Gasteiger partial charge in [-0.1, -0.05) is 18.6 Å². The summed E-state index contributed by atoms with van der Waals surface area (Å²) in [6.45, 7) is 3.36. The second-order valence-electron chi connectivity index (χ2n) is 4.01. The lowest BCUT2D eigenvalue weighted by molar-refractivity contribution is 0.495. The first-order valence-electron chi connectivity index (χ1n) is 4.39. The molecule has 2 aliphatic rings. The van der Waals surface area contributed by atoms with Gasteiger partial charge in [0.05, 0.1) is 6.17 Å². The lowest BCUT2D eigenvalue weighted by atomic mass is 9.94. The second-order valence-corrected chi connectivity index (χ2v) is 4.01. The fourth-order valence-electron chi connectivity index (χ4n) is 1.63. The predicted molar refractivity (Wildman–Crippen MR) is 46.0 cm³/mol. The van der Waals surface area contributed by atoms with E-state index in [9.17, 15) is 0 Å². The SMILES string of the molecule is CC1(C2=CCC(N)NC2)CC1. The molecule has 1 aliphatic heterocycles. The minimum absolute atomic E-state index is 0.195. The first kappa shape index (κ1) is 7.32. The molecule has 1 atom stereocenters. The van der Waals surface area contributed by atoms with E-state index in [1.165, 1.54) is 12.8 Å². The van der Waals surface area contributed by atoms with Crippen molar-refractivity contribution >= 4 is 0 Å². The van der Waals surface area contributed by atoms with Crippen LogP contribution in [0.15, 0.2) is 11.6 Å². The van der Waals surface area contributed by atoms with Crippen molar-refractivity contribution in [2.75, 3.05) is 6.54 Å². The number of hydrogen-bond donors (Lipinski definition) is 2. The number of nitrogens with one attached hydrogen (secondary N) is 1. The van der Waals surface area contributed by atoms with Crippen molar-refractivity contribution in [3.63, 3.8) is 0 Å². The first-order valence-corrected chi connectivity index (χ1v) is 4.39. The zero-order valence-electron chi connectivity index (χ0n) is 7.06. The summed E-state index contributed by atoms with van der Waals surface area (Å²) in [5, 5.41) is 3.29. The van der Waals surface area contributed by atoms with E-state index >= 15 is 0 Å². The van der Waals surface area contributed by atoms with Crippen LogP contribution in [0.2, 0.25) is 0 Å². The molecule has 1 fully saturated rings. The summed E-state index contributed by atoms with van der Waals surface area (Å²) in [5.74, 6) is 0. The maximum Gasteiger partial charge on any atom is 0.0584 e. The Balaban J connectivity index is 2.05. The zero-order chi connectivity index (χ0) is 7.90. The van der Waals surface area contributed by atoms with Crippen LogP contribution < -0.4 is 11.1 Å². The molecule has 0 aromatic carbocycles. The van der Waals surface area contributed by atoms with Crippen molar-refractivity contribution in [1.82, 2.24) is 5.32 Å². The van der Waals surface area contributed by atoms with Gasteiger partial charge in [0, 0.05) is 6.54 Å². The molecule has 2 heteroatoms. The smallest absolute Gasteiger partial charge is 0.0584 e. The quantitative estimate of drug-likeness (QED) is 0.550. The molecule has 62 valence electrons. The number of hydrogen-bond acceptors (Lipinski definition) is 2. The summed E-state index contributed by atoms with van der Waals surface area (Å²) in [5.41, 5.74) is 7.84. The zero-order valence-corrected chi connectivity index (χ0v) is 7.06. The third-order valence-electron chi connectivity index (χ3n) is 2.95. The molecule has 1 saturated carbocycles. The van der Waals surface area contributed by atoms with Crippen LogP contribution in [0, 0.1) is 5.41 Å². The lowest BCUT2D eigenvalue weighted by Crippen LogP contribution is -2.41. The Morgan fingerprint density at radius 2 is 2.36 bits per heavy atom. The third kappa shape index (κ3) is 1.33. The Hall–Kier alpha value is -0.340. The van der Waals surface area contributed by atoms with Crippen molar-refractivity contribution in [2.24, 2.45) is 11.1 Å². The van der Waals surface area contributed by atoms with Gasteiger partial charge in [0.2, 0.25) is 0 Å². The first-order chi connectivity index (χ1) is 5.21. The molecular formula is C9H16N2. The Morgan fingerprint density at radius 1 is 1.64 bits per heavy atom. The normalized spacial score (nSPS) is 34.7. The molecule has 1 heterocycles. The topological polar surface area (TPSA) is 38.0 Å². The summed E-state index contributed by atoms with van der Waals surface area (Å²) < 4.78 is 0. The summed E-state index contributed by atoms with van der Waals surface area (Å²) >= 11 is 0. The van der Waals surface area contributed by atoms with Crippen LogP contribution in [0.4, 0.5) is 0 Å². The Labute approximate surface area is 67.8 Å². The molecule has 0 radical (unpaired) electrons. The van der Waals surface area contributed by atoms with E-state index in [0.717, 1.165) is 13.0 Å². The minimum atomic E-state index is 0.195. The van der Waals surface area contributed by atoms with Crippen LogP contribution in [-0.4, -0.2) is 12.7 Å². The Bertz CT molecular complexity index is 192. The van der Waals surface area contributed by atoms with E-state index in [2.05, 4.69) is 18.3 Å². The molecule has 0 amide bonds. The van der Waals surface area contributed by atoms with Crippen molar-refractivity contribution in [2.45, 2.75) is 32.4 Å². The number of nitrogens with two attached hydrogens (primary N) is 1. The highest BCUT2D eigenvalue weighted by Crippen LogP contribution is 2.51. The van der Waals surface area contributed by atoms with Gasteiger partial charge in [-0.05, 0) is 24.7 Å². The van der Waals surface area contributed by atoms with Gasteiger partial charge in [0.15, 0.2) is 0 Å². The van der Waals surface area contributed by atoms with Gasteiger partial charge in [0.1, 0.15) is 0 Å². The Morgan fingerprint density at radius 3 is 2.82 bits per heavy atom. The average Bonchev–Trinajstić information content (AvgIpc) is 2.70. The van der Waals surface area contributed by atoms with E-state index < -0.39 is 0 Å². The van der Waals surface area contributed by atoms with Crippen molar-refractivity contribution < 1.29 is 0 Å². The maximum absolute atomic E-state index is 5.70. The second kappa shape index (κ2) is 2.32. The van der Waals surface area contributed by atoms with E-state index in [0.29, 0.717) is 5.41 Å². The van der Waals surface area contributed by atoms with Crippen LogP contribution in [-0.2, 0) is 0 Å². The van der Waals surface area contributed by atoms with Crippen molar-refractivity contribution in [3.05, 3.63) is 11.6 Å². The van der Waals surface area contributed by atoms with E-state index in [1.807, 2.05) is 0 Å². The molecule has 0 bridgehead atoms. The summed E-state index contributed by atoms with van der Waals surface area (Å²) in [6, 6.07) is 0. The van der Waals surface area contributed by atoms with Crippen LogP contribution in [0.25, 0.3) is 0 Å². The molecule has 0 aromatic rings. The molecule has 2 rings (SSSR count). The van der Waals surface area contributed by atoms with Crippen LogP contribution >= 0.6 is 0 Å². The maximum atomic E-state index is 5.70. The van der Waals surface area contributed by atoms with Gasteiger partial charge >= 0.3 is 0 Å². The lowest BCUT2D eigenvalue weighted by Gasteiger charge is -2.23. The highest BCUT2D eigenvalue weighted by molar-refractivity contribution is 5.23. The van der Waals surface area contributed by atoms with Crippen LogP contribution in [0.3, 0.4) is 0 Å². The van der Waals surface area contributed by atoms with Gasteiger partial charge in [-0.2, -0.15) is 0 Å². The summed E-state index contributed by atoms with van der Waals surface area (Å²) in [7, 11) is 0. The molecule has 0 aromatic heterocycles. The molecule has 0 saturated heterocycles. The molecule has 11 heavy (non-hydrogen) atoms. The minimum Gasteiger partial charge on any atom is -0.316 e. The molecule has 1 unspecified atom stereocenters. The molecular weight excluding hydrogens is 136 g/mol. The highest BCUT2D eigenvalue weighted by atomic mass is 15.0. The predicted octanol–water partition coefficient (Wildman–Crippen LogP) is 0.991. The number of rotatable bonds is 1. The van der Waals surface area contributed by atoms with Crippen molar-refractivity contribution in [1.29, 1.82) is 0 Å². The van der Waals surface area contributed by atoms with Crippen molar-refractivity contribution in [3.8, 4) is 0 Å². The van der Waals surface area contributed by atoms with E-state index in [-0.39, 0.29) is 6.17 Å². The largest absolute Gasteiger partial charge is 0.316 e. The third-order valence-corrected chi connectivity index (χ3v) is 2.95. The molecule has 3 N–H and O–H groups in total. The molecule has 2 nitrogen and oxygen atoms in total. The monoisotopic (exact) mass is 152 g/mol. The van der Waals surface area contributed by atoms with E-state index in [1.54, 1.807) is 5.57 Å². The van der Waals surface area contributed by atoms with Gasteiger partial charge in [-0.15, -0.1) is 0 Å². The van der Waals surface area contributed by atoms with Gasteiger partial charge in [-0.3, -0.25) is 5.32 Å². The fraction of sp³-hybridized carbons (Fsp3) is 0.778. The Kier molecular flexibility index (Phi) is 1.55. The van der Waals surface area contributed by atoms with Gasteiger partial charge < -0.3 is 5.73 Å². The highest BCUT2D eigenvalue weighted by Gasteiger charge is 2.41. The standard InChI is InChI=1S/C9H16N2/c1-9(4-5-9)7-2-3-8(10)11-6-7/h2,8,11H,3-6,10H2,1H3. The van der Waals surface area contributed by atoms with Crippen LogP contribution in [0.1, 0.15) is 26.2 Å². The summed E-state index contributed by atoms with van der Waals surface area (Å²) in [6.07, 6.45) is 6.27. The van der Waals surface area contributed by atoms with Gasteiger partial charge in [-0.25, -0.2) is 0 Å². The average molecular weight is 152 g/mol. The fourth-order valence-corrected chi connectivity index (χ4v) is 1.63. The van der Waals surface area contributed by atoms with Gasteiger partial charge in [0.25, 0.3) is 0 Å². The van der Waals surface area contributed by atoms with Crippen LogP contribution in [0.5, 0.6) is 0 Å². The molecule has 0 spiro atoms. The van der Waals surface area contributed by atoms with E-state index in [4.69, 9.17) is 5.73 Å².